The van der Waals surface area contributed by atoms with E-state index in [-0.39, 0.29) is 6.03 Å². The van der Waals surface area contributed by atoms with Crippen molar-refractivity contribution >= 4 is 12.0 Å². The van der Waals surface area contributed by atoms with Gasteiger partial charge in [-0.2, -0.15) is 0 Å². The highest BCUT2D eigenvalue weighted by molar-refractivity contribution is 5.95. The van der Waals surface area contributed by atoms with Crippen LogP contribution in [0, 0.1) is 5.92 Å². The lowest BCUT2D eigenvalue weighted by molar-refractivity contribution is -0.141. The van der Waals surface area contributed by atoms with E-state index in [1.54, 1.807) is 32.2 Å². The monoisotopic (exact) mass is 376 g/mol. The summed E-state index contributed by atoms with van der Waals surface area (Å²) >= 11 is 0. The van der Waals surface area contributed by atoms with Crippen LogP contribution in [0.15, 0.2) is 29.5 Å². The number of urea groups is 1. The lowest BCUT2D eigenvalue weighted by Gasteiger charge is -2.29. The standard InChI is InChI=1S/C20H28N2O5/c1-6-13(7-2)11-27-19(23)17-12(3)21-20(24)22-18(17)15-10-14(25-4)8-9-16(15)26-5/h8-10,13,18H,6-7,11H2,1-5H3,(H2,21,22,24)/t18-/m0/s1. The minimum Gasteiger partial charge on any atom is -0.497 e. The maximum absolute atomic E-state index is 12.8. The van der Waals surface area contributed by atoms with Gasteiger partial charge in [0.1, 0.15) is 11.5 Å². The van der Waals surface area contributed by atoms with Gasteiger partial charge < -0.3 is 24.8 Å². The van der Waals surface area contributed by atoms with E-state index in [0.717, 1.165) is 12.8 Å². The van der Waals surface area contributed by atoms with Crippen LogP contribution in [-0.2, 0) is 9.53 Å². The number of benzene rings is 1. The van der Waals surface area contributed by atoms with E-state index < -0.39 is 12.0 Å². The van der Waals surface area contributed by atoms with Crippen molar-refractivity contribution in [2.24, 2.45) is 5.92 Å². The molecule has 1 aliphatic rings. The summed E-state index contributed by atoms with van der Waals surface area (Å²) in [6, 6.07) is 4.16. The molecule has 1 aromatic carbocycles. The SMILES string of the molecule is CCC(CC)COC(=O)C1=C(C)NC(=O)N[C@H]1c1cc(OC)ccc1OC. The van der Waals surface area contributed by atoms with Crippen LogP contribution in [0.25, 0.3) is 0 Å². The fourth-order valence-electron chi connectivity index (χ4n) is 3.06. The summed E-state index contributed by atoms with van der Waals surface area (Å²) in [6.45, 7) is 6.17. The van der Waals surface area contributed by atoms with Crippen LogP contribution in [0.1, 0.15) is 45.2 Å². The molecule has 0 fully saturated rings. The Hall–Kier alpha value is -2.70. The van der Waals surface area contributed by atoms with Crippen molar-refractivity contribution < 1.29 is 23.8 Å². The Balaban J connectivity index is 2.40. The van der Waals surface area contributed by atoms with Crippen LogP contribution < -0.4 is 20.1 Å². The number of carbonyl (C=O) groups excluding carboxylic acids is 2. The molecule has 0 spiro atoms. The molecule has 1 atom stereocenters. The zero-order valence-corrected chi connectivity index (χ0v) is 16.5. The number of nitrogens with one attached hydrogen (secondary N) is 2. The van der Waals surface area contributed by atoms with Crippen molar-refractivity contribution in [1.82, 2.24) is 10.6 Å². The van der Waals surface area contributed by atoms with Crippen molar-refractivity contribution in [2.45, 2.75) is 39.7 Å². The largest absolute Gasteiger partial charge is 0.497 e. The average Bonchev–Trinajstić information content (AvgIpc) is 2.67. The Morgan fingerprint density at radius 2 is 1.89 bits per heavy atom. The highest BCUT2D eigenvalue weighted by atomic mass is 16.5. The Kier molecular flexibility index (Phi) is 7.10. The second kappa shape index (κ2) is 9.30. The molecule has 1 aliphatic heterocycles. The van der Waals surface area contributed by atoms with Gasteiger partial charge in [-0.3, -0.25) is 0 Å². The van der Waals surface area contributed by atoms with Crippen LogP contribution in [0.4, 0.5) is 4.79 Å². The van der Waals surface area contributed by atoms with E-state index in [2.05, 4.69) is 24.5 Å². The van der Waals surface area contributed by atoms with E-state index in [4.69, 9.17) is 14.2 Å². The molecule has 0 aliphatic carbocycles. The summed E-state index contributed by atoms with van der Waals surface area (Å²) in [5.74, 6) is 0.995. The number of hydrogen-bond acceptors (Lipinski definition) is 5. The second-order valence-electron chi connectivity index (χ2n) is 6.46. The number of ether oxygens (including phenoxy) is 3. The quantitative estimate of drug-likeness (QED) is 0.680. The molecule has 0 saturated heterocycles. The molecule has 27 heavy (non-hydrogen) atoms. The Morgan fingerprint density at radius 1 is 1.19 bits per heavy atom. The van der Waals surface area contributed by atoms with Crippen molar-refractivity contribution in [3.63, 3.8) is 0 Å². The number of amides is 2. The van der Waals surface area contributed by atoms with E-state index in [1.807, 2.05) is 0 Å². The lowest BCUT2D eigenvalue weighted by atomic mass is 9.94. The molecular weight excluding hydrogens is 348 g/mol. The topological polar surface area (TPSA) is 85.9 Å². The molecule has 1 heterocycles. The third-order valence-electron chi connectivity index (χ3n) is 4.84. The number of methoxy groups -OCH3 is 2. The molecule has 0 saturated carbocycles. The zero-order chi connectivity index (χ0) is 20.0. The van der Waals surface area contributed by atoms with E-state index in [9.17, 15) is 9.59 Å². The fourth-order valence-corrected chi connectivity index (χ4v) is 3.06. The zero-order valence-electron chi connectivity index (χ0n) is 16.5. The van der Waals surface area contributed by atoms with Gasteiger partial charge in [0.25, 0.3) is 0 Å². The normalized spacial score (nSPS) is 16.7. The maximum atomic E-state index is 12.8. The minimum atomic E-state index is -0.696. The number of hydrogen-bond donors (Lipinski definition) is 2. The van der Waals surface area contributed by atoms with E-state index in [0.29, 0.717) is 40.9 Å². The average molecular weight is 376 g/mol. The first kappa shape index (κ1) is 20.6. The van der Waals surface area contributed by atoms with Crippen molar-refractivity contribution in [2.75, 3.05) is 20.8 Å². The van der Waals surface area contributed by atoms with E-state index in [1.165, 1.54) is 7.11 Å². The van der Waals surface area contributed by atoms with Gasteiger partial charge in [0, 0.05) is 11.3 Å². The first-order valence-corrected chi connectivity index (χ1v) is 9.12. The Morgan fingerprint density at radius 3 is 2.48 bits per heavy atom. The summed E-state index contributed by atoms with van der Waals surface area (Å²) in [6.07, 6.45) is 1.87. The van der Waals surface area contributed by atoms with Crippen LogP contribution in [-0.4, -0.2) is 32.8 Å². The molecule has 0 aromatic heterocycles. The predicted molar refractivity (Wildman–Crippen MR) is 102 cm³/mol. The first-order valence-electron chi connectivity index (χ1n) is 9.12. The van der Waals surface area contributed by atoms with Gasteiger partial charge in [0.15, 0.2) is 0 Å². The van der Waals surface area contributed by atoms with Gasteiger partial charge in [-0.25, -0.2) is 9.59 Å². The molecule has 1 aromatic rings. The second-order valence-corrected chi connectivity index (χ2v) is 6.46. The van der Waals surface area contributed by atoms with Crippen LogP contribution >= 0.6 is 0 Å². The molecule has 2 N–H and O–H groups in total. The Labute approximate surface area is 160 Å². The highest BCUT2D eigenvalue weighted by Crippen LogP contribution is 2.36. The summed E-state index contributed by atoms with van der Waals surface area (Å²) in [5.41, 5.74) is 1.44. The van der Waals surface area contributed by atoms with Crippen molar-refractivity contribution in [3.05, 3.63) is 35.0 Å². The maximum Gasteiger partial charge on any atom is 0.338 e. The van der Waals surface area contributed by atoms with Gasteiger partial charge in [-0.05, 0) is 31.0 Å². The van der Waals surface area contributed by atoms with Crippen molar-refractivity contribution in [3.8, 4) is 11.5 Å². The van der Waals surface area contributed by atoms with Crippen LogP contribution in [0.3, 0.4) is 0 Å². The molecule has 0 bridgehead atoms. The summed E-state index contributed by atoms with van der Waals surface area (Å²) in [5, 5.41) is 5.44. The van der Waals surface area contributed by atoms with E-state index >= 15 is 0 Å². The summed E-state index contributed by atoms with van der Waals surface area (Å²) < 4.78 is 16.3. The predicted octanol–water partition coefficient (Wildman–Crippen LogP) is 3.31. The molecule has 2 rings (SSSR count). The summed E-state index contributed by atoms with van der Waals surface area (Å²) in [4.78, 5) is 24.9. The van der Waals surface area contributed by atoms with Gasteiger partial charge in [0.05, 0.1) is 32.4 Å². The first-order chi connectivity index (χ1) is 12.9. The van der Waals surface area contributed by atoms with Gasteiger partial charge in [-0.1, -0.05) is 26.7 Å². The van der Waals surface area contributed by atoms with Crippen LogP contribution in [0.5, 0.6) is 11.5 Å². The smallest absolute Gasteiger partial charge is 0.338 e. The Bertz CT molecular complexity index is 725. The molecule has 2 amide bonds. The number of rotatable bonds is 8. The molecule has 7 heteroatoms. The molecule has 148 valence electrons. The molecular formula is C20H28N2O5. The third-order valence-corrected chi connectivity index (χ3v) is 4.84. The number of esters is 1. The highest BCUT2D eigenvalue weighted by Gasteiger charge is 2.34. The molecule has 7 nitrogen and oxygen atoms in total. The van der Waals surface area contributed by atoms with Crippen molar-refractivity contribution in [1.29, 1.82) is 0 Å². The summed E-state index contributed by atoms with van der Waals surface area (Å²) in [7, 11) is 3.09. The molecule has 0 radical (unpaired) electrons. The van der Waals surface area contributed by atoms with Crippen LogP contribution in [0.2, 0.25) is 0 Å². The van der Waals surface area contributed by atoms with Gasteiger partial charge in [0.2, 0.25) is 0 Å². The minimum absolute atomic E-state index is 0.311. The molecule has 0 unspecified atom stereocenters. The number of allylic oxidation sites excluding steroid dienone is 1. The van der Waals surface area contributed by atoms with Gasteiger partial charge in [-0.15, -0.1) is 0 Å². The fraction of sp³-hybridized carbons (Fsp3) is 0.500. The third kappa shape index (κ3) is 4.72. The number of carbonyl (C=O) groups is 2. The lowest BCUT2D eigenvalue weighted by Crippen LogP contribution is -2.45. The van der Waals surface area contributed by atoms with Gasteiger partial charge >= 0.3 is 12.0 Å².